The van der Waals surface area contributed by atoms with E-state index in [4.69, 9.17) is 4.74 Å². The Balaban J connectivity index is 1.68. The number of para-hydroxylation sites is 1. The maximum absolute atomic E-state index is 12.6. The molecule has 1 saturated heterocycles. The van der Waals surface area contributed by atoms with Crippen molar-refractivity contribution in [3.63, 3.8) is 0 Å². The Morgan fingerprint density at radius 2 is 1.83 bits per heavy atom. The Kier molecular flexibility index (Phi) is 4.89. The van der Waals surface area contributed by atoms with Crippen LogP contribution < -0.4 is 10.2 Å². The van der Waals surface area contributed by atoms with Crippen molar-refractivity contribution in [2.24, 2.45) is 0 Å². The average Bonchev–Trinajstić information content (AvgIpc) is 2.60. The number of pyridine rings is 1. The number of nitrogens with one attached hydrogen (secondary N) is 1. The van der Waals surface area contributed by atoms with E-state index in [1.807, 2.05) is 24.3 Å². The molecule has 128 valence electrons. The Hall–Kier alpha value is -2.28. The van der Waals surface area contributed by atoms with Crippen LogP contribution >= 0.6 is 0 Å². The number of halogens is 3. The van der Waals surface area contributed by atoms with Crippen molar-refractivity contribution in [2.45, 2.75) is 12.7 Å². The highest BCUT2D eigenvalue weighted by Crippen LogP contribution is 2.29. The zero-order valence-electron chi connectivity index (χ0n) is 13.0. The van der Waals surface area contributed by atoms with Gasteiger partial charge in [-0.05, 0) is 23.8 Å². The minimum atomic E-state index is -4.37. The van der Waals surface area contributed by atoms with Crippen molar-refractivity contribution >= 4 is 11.5 Å². The summed E-state index contributed by atoms with van der Waals surface area (Å²) in [5, 5.41) is 3.08. The first-order chi connectivity index (χ1) is 11.5. The molecular formula is C17H18F3N3O. The number of benzene rings is 1. The van der Waals surface area contributed by atoms with Gasteiger partial charge < -0.3 is 15.0 Å². The Morgan fingerprint density at radius 3 is 2.50 bits per heavy atom. The Morgan fingerprint density at radius 1 is 1.08 bits per heavy atom. The van der Waals surface area contributed by atoms with Crippen LogP contribution in [-0.4, -0.2) is 31.3 Å². The number of anilines is 2. The molecule has 0 spiro atoms. The molecule has 0 atom stereocenters. The summed E-state index contributed by atoms with van der Waals surface area (Å²) in [7, 11) is 0. The van der Waals surface area contributed by atoms with Gasteiger partial charge in [0, 0.05) is 31.5 Å². The molecule has 3 rings (SSSR count). The van der Waals surface area contributed by atoms with Gasteiger partial charge in [0.15, 0.2) is 0 Å². The summed E-state index contributed by atoms with van der Waals surface area (Å²) < 4.78 is 43.0. The van der Waals surface area contributed by atoms with E-state index in [0.29, 0.717) is 25.6 Å². The fourth-order valence-corrected chi connectivity index (χ4v) is 2.62. The van der Waals surface area contributed by atoms with Gasteiger partial charge >= 0.3 is 6.18 Å². The quantitative estimate of drug-likeness (QED) is 0.926. The highest BCUT2D eigenvalue weighted by Gasteiger charge is 2.30. The van der Waals surface area contributed by atoms with Gasteiger partial charge in [0.05, 0.1) is 18.8 Å². The number of hydrogen-bond donors (Lipinski definition) is 1. The molecule has 0 unspecified atom stereocenters. The molecule has 2 heterocycles. The Labute approximate surface area is 138 Å². The monoisotopic (exact) mass is 337 g/mol. The summed E-state index contributed by atoms with van der Waals surface area (Å²) in [5.74, 6) is 0.416. The van der Waals surface area contributed by atoms with Crippen LogP contribution in [0.25, 0.3) is 0 Å². The van der Waals surface area contributed by atoms with Gasteiger partial charge in [-0.3, -0.25) is 0 Å². The van der Waals surface area contributed by atoms with Crippen LogP contribution in [0.1, 0.15) is 11.1 Å². The molecule has 0 radical (unpaired) electrons. The lowest BCUT2D eigenvalue weighted by molar-refractivity contribution is -0.137. The van der Waals surface area contributed by atoms with E-state index in [1.54, 1.807) is 0 Å². The number of ether oxygens (including phenoxy) is 1. The highest BCUT2D eigenvalue weighted by atomic mass is 19.4. The van der Waals surface area contributed by atoms with E-state index in [0.717, 1.165) is 36.6 Å². The first-order valence-corrected chi connectivity index (χ1v) is 7.72. The second kappa shape index (κ2) is 7.09. The molecule has 1 aliphatic rings. The molecule has 0 aliphatic carbocycles. The summed E-state index contributed by atoms with van der Waals surface area (Å²) in [6.07, 6.45) is -3.52. The Bertz CT molecular complexity index is 668. The molecule has 1 aromatic heterocycles. The summed E-state index contributed by atoms with van der Waals surface area (Å²) in [6, 6.07) is 10.3. The molecule has 7 heteroatoms. The van der Waals surface area contributed by atoms with Crippen LogP contribution in [0.2, 0.25) is 0 Å². The fraction of sp³-hybridized carbons (Fsp3) is 0.353. The standard InChI is InChI=1S/C17H18F3N3O/c18-17(19,20)14-5-6-16(22-12-14)21-11-13-3-1-2-4-15(13)23-7-9-24-10-8-23/h1-6,12H,7-11H2,(H,21,22). The molecule has 1 aliphatic heterocycles. The minimum Gasteiger partial charge on any atom is -0.378 e. The van der Waals surface area contributed by atoms with E-state index < -0.39 is 11.7 Å². The minimum absolute atomic E-state index is 0.416. The molecule has 2 aromatic rings. The number of hydrogen-bond acceptors (Lipinski definition) is 4. The molecule has 0 amide bonds. The van der Waals surface area contributed by atoms with Crippen molar-refractivity contribution in [1.82, 2.24) is 4.98 Å². The van der Waals surface area contributed by atoms with Crippen LogP contribution in [-0.2, 0) is 17.5 Å². The van der Waals surface area contributed by atoms with E-state index >= 15 is 0 Å². The number of morpholine rings is 1. The summed E-state index contributed by atoms with van der Waals surface area (Å²) in [6.45, 7) is 3.54. The van der Waals surface area contributed by atoms with E-state index in [9.17, 15) is 13.2 Å². The van der Waals surface area contributed by atoms with Gasteiger partial charge in [-0.1, -0.05) is 18.2 Å². The first-order valence-electron chi connectivity index (χ1n) is 7.72. The second-order valence-electron chi connectivity index (χ2n) is 5.51. The van der Waals surface area contributed by atoms with Gasteiger partial charge in [-0.25, -0.2) is 4.98 Å². The number of alkyl halides is 3. The number of aromatic nitrogens is 1. The third-order valence-corrected chi connectivity index (χ3v) is 3.89. The maximum Gasteiger partial charge on any atom is 0.417 e. The molecule has 1 aromatic carbocycles. The van der Waals surface area contributed by atoms with Crippen molar-refractivity contribution in [3.8, 4) is 0 Å². The predicted molar refractivity (Wildman–Crippen MR) is 86.0 cm³/mol. The van der Waals surface area contributed by atoms with Gasteiger partial charge in [0.25, 0.3) is 0 Å². The van der Waals surface area contributed by atoms with Crippen molar-refractivity contribution in [2.75, 3.05) is 36.5 Å². The molecule has 0 bridgehead atoms. The summed E-state index contributed by atoms with van der Waals surface area (Å²) in [4.78, 5) is 6.09. The highest BCUT2D eigenvalue weighted by molar-refractivity contribution is 5.55. The van der Waals surface area contributed by atoms with Crippen LogP contribution in [0.3, 0.4) is 0 Å². The van der Waals surface area contributed by atoms with Crippen molar-refractivity contribution in [1.29, 1.82) is 0 Å². The smallest absolute Gasteiger partial charge is 0.378 e. The van der Waals surface area contributed by atoms with Crippen LogP contribution in [0.15, 0.2) is 42.6 Å². The largest absolute Gasteiger partial charge is 0.417 e. The maximum atomic E-state index is 12.6. The molecule has 24 heavy (non-hydrogen) atoms. The lowest BCUT2D eigenvalue weighted by Gasteiger charge is -2.30. The molecular weight excluding hydrogens is 319 g/mol. The first kappa shape index (κ1) is 16.6. The lowest BCUT2D eigenvalue weighted by atomic mass is 10.1. The number of nitrogens with zero attached hydrogens (tertiary/aromatic N) is 2. The zero-order valence-corrected chi connectivity index (χ0v) is 13.0. The topological polar surface area (TPSA) is 37.4 Å². The fourth-order valence-electron chi connectivity index (χ4n) is 2.62. The van der Waals surface area contributed by atoms with Crippen LogP contribution in [0.5, 0.6) is 0 Å². The normalized spacial score (nSPS) is 15.4. The summed E-state index contributed by atoms with van der Waals surface area (Å²) in [5.41, 5.74) is 1.43. The number of rotatable bonds is 4. The van der Waals surface area contributed by atoms with Crippen molar-refractivity contribution < 1.29 is 17.9 Å². The van der Waals surface area contributed by atoms with Crippen LogP contribution in [0.4, 0.5) is 24.7 Å². The van der Waals surface area contributed by atoms with E-state index in [1.165, 1.54) is 6.07 Å². The van der Waals surface area contributed by atoms with Crippen molar-refractivity contribution in [3.05, 3.63) is 53.7 Å². The van der Waals surface area contributed by atoms with Gasteiger partial charge in [0.2, 0.25) is 0 Å². The molecule has 0 saturated carbocycles. The second-order valence-corrected chi connectivity index (χ2v) is 5.51. The zero-order chi connectivity index (χ0) is 17.0. The van der Waals surface area contributed by atoms with E-state index in [2.05, 4.69) is 15.2 Å². The molecule has 1 N–H and O–H groups in total. The van der Waals surface area contributed by atoms with Gasteiger partial charge in [-0.15, -0.1) is 0 Å². The SMILES string of the molecule is FC(F)(F)c1ccc(NCc2ccccc2N2CCOCC2)nc1. The lowest BCUT2D eigenvalue weighted by Crippen LogP contribution is -2.36. The van der Waals surface area contributed by atoms with Gasteiger partial charge in [0.1, 0.15) is 5.82 Å². The average molecular weight is 337 g/mol. The molecule has 1 fully saturated rings. The van der Waals surface area contributed by atoms with E-state index in [-0.39, 0.29) is 0 Å². The van der Waals surface area contributed by atoms with Crippen LogP contribution in [0, 0.1) is 0 Å². The third-order valence-electron chi connectivity index (χ3n) is 3.89. The molecule has 4 nitrogen and oxygen atoms in total. The third kappa shape index (κ3) is 3.97. The summed E-state index contributed by atoms with van der Waals surface area (Å²) >= 11 is 0. The van der Waals surface area contributed by atoms with Gasteiger partial charge in [-0.2, -0.15) is 13.2 Å². The predicted octanol–water partition coefficient (Wildman–Crippen LogP) is 3.55.